The van der Waals surface area contributed by atoms with Crippen LogP contribution in [-0.4, -0.2) is 24.0 Å². The predicted molar refractivity (Wildman–Crippen MR) is 101 cm³/mol. The van der Waals surface area contributed by atoms with Crippen LogP contribution in [0.1, 0.15) is 56.9 Å². The molecule has 0 unspecified atom stereocenters. The van der Waals surface area contributed by atoms with Crippen molar-refractivity contribution in [3.8, 4) is 0 Å². The van der Waals surface area contributed by atoms with Gasteiger partial charge in [0.15, 0.2) is 5.96 Å². The Balaban J connectivity index is 0.00000242. The zero-order chi connectivity index (χ0) is 15.3. The Labute approximate surface area is 150 Å². The SMILES string of the molecule is CCNC(=NCc1nc(C)c(C)o1)NCC1(CC)CCC1.I. The van der Waals surface area contributed by atoms with Gasteiger partial charge in [-0.1, -0.05) is 13.3 Å². The van der Waals surface area contributed by atoms with E-state index in [4.69, 9.17) is 4.42 Å². The van der Waals surface area contributed by atoms with E-state index in [1.54, 1.807) is 0 Å². The number of nitrogens with zero attached hydrogens (tertiary/aromatic N) is 2. The third-order valence-corrected chi connectivity index (χ3v) is 4.58. The molecule has 1 aromatic heterocycles. The van der Waals surface area contributed by atoms with Crippen molar-refractivity contribution in [2.45, 2.75) is 59.9 Å². The molecule has 6 heteroatoms. The molecule has 2 N–H and O–H groups in total. The van der Waals surface area contributed by atoms with Crippen molar-refractivity contribution in [3.05, 3.63) is 17.3 Å². The summed E-state index contributed by atoms with van der Waals surface area (Å²) in [5.41, 5.74) is 1.42. The fourth-order valence-corrected chi connectivity index (χ4v) is 2.70. The highest BCUT2D eigenvalue weighted by Crippen LogP contribution is 2.42. The molecule has 1 aromatic rings. The number of guanidine groups is 1. The lowest BCUT2D eigenvalue weighted by Crippen LogP contribution is -2.46. The van der Waals surface area contributed by atoms with Gasteiger partial charge >= 0.3 is 0 Å². The van der Waals surface area contributed by atoms with E-state index >= 15 is 0 Å². The van der Waals surface area contributed by atoms with Gasteiger partial charge in [0.25, 0.3) is 0 Å². The van der Waals surface area contributed by atoms with Gasteiger partial charge in [-0.25, -0.2) is 9.98 Å². The Morgan fingerprint density at radius 3 is 2.45 bits per heavy atom. The first kappa shape index (κ1) is 19.3. The zero-order valence-corrected chi connectivity index (χ0v) is 16.5. The lowest BCUT2D eigenvalue weighted by atomic mass is 9.67. The summed E-state index contributed by atoms with van der Waals surface area (Å²) >= 11 is 0. The molecule has 22 heavy (non-hydrogen) atoms. The number of aliphatic imine (C=N–C) groups is 1. The van der Waals surface area contributed by atoms with E-state index in [2.05, 4.69) is 34.5 Å². The highest BCUT2D eigenvalue weighted by atomic mass is 127. The summed E-state index contributed by atoms with van der Waals surface area (Å²) in [7, 11) is 0. The topological polar surface area (TPSA) is 62.5 Å². The summed E-state index contributed by atoms with van der Waals surface area (Å²) in [5, 5.41) is 6.76. The van der Waals surface area contributed by atoms with Crippen molar-refractivity contribution in [2.24, 2.45) is 10.4 Å². The highest BCUT2D eigenvalue weighted by molar-refractivity contribution is 14.0. The molecule has 5 nitrogen and oxygen atoms in total. The van der Waals surface area contributed by atoms with Crippen LogP contribution in [0.25, 0.3) is 0 Å². The van der Waals surface area contributed by atoms with Crippen molar-refractivity contribution in [2.75, 3.05) is 13.1 Å². The number of aryl methyl sites for hydroxylation is 2. The molecule has 126 valence electrons. The Bertz CT molecular complexity index is 469. The summed E-state index contributed by atoms with van der Waals surface area (Å²) in [6.45, 7) is 10.6. The minimum absolute atomic E-state index is 0. The van der Waals surface area contributed by atoms with E-state index in [0.29, 0.717) is 17.9 Å². The summed E-state index contributed by atoms with van der Waals surface area (Å²) in [5.74, 6) is 2.40. The van der Waals surface area contributed by atoms with Gasteiger partial charge in [-0.05, 0) is 45.4 Å². The summed E-state index contributed by atoms with van der Waals surface area (Å²) in [6, 6.07) is 0. The van der Waals surface area contributed by atoms with Crippen LogP contribution in [0.15, 0.2) is 9.41 Å². The van der Waals surface area contributed by atoms with Crippen LogP contribution in [0, 0.1) is 19.3 Å². The average molecular weight is 420 g/mol. The first-order chi connectivity index (χ1) is 10.1. The number of hydrogen-bond donors (Lipinski definition) is 2. The maximum Gasteiger partial charge on any atom is 0.216 e. The number of aromatic nitrogens is 1. The molecule has 0 bridgehead atoms. The fraction of sp³-hybridized carbons (Fsp3) is 0.750. The van der Waals surface area contributed by atoms with E-state index in [1.807, 2.05) is 13.8 Å². The van der Waals surface area contributed by atoms with E-state index < -0.39 is 0 Å². The largest absolute Gasteiger partial charge is 0.444 e. The van der Waals surface area contributed by atoms with Crippen LogP contribution < -0.4 is 10.6 Å². The number of nitrogens with one attached hydrogen (secondary N) is 2. The molecule has 0 atom stereocenters. The molecule has 0 spiro atoms. The second-order valence-electron chi connectivity index (χ2n) is 6.01. The van der Waals surface area contributed by atoms with Gasteiger partial charge in [-0.3, -0.25) is 0 Å². The molecule has 0 aliphatic heterocycles. The predicted octanol–water partition coefficient (Wildman–Crippen LogP) is 3.54. The van der Waals surface area contributed by atoms with Crippen LogP contribution in [0.4, 0.5) is 0 Å². The molecule has 0 amide bonds. The van der Waals surface area contributed by atoms with Crippen molar-refractivity contribution >= 4 is 29.9 Å². The first-order valence-electron chi connectivity index (χ1n) is 8.03. The van der Waals surface area contributed by atoms with Gasteiger partial charge < -0.3 is 15.1 Å². The van der Waals surface area contributed by atoms with Gasteiger partial charge in [0, 0.05) is 13.1 Å². The van der Waals surface area contributed by atoms with E-state index in [0.717, 1.165) is 30.5 Å². The molecular formula is C16H29IN4O. The molecule has 0 saturated heterocycles. The van der Waals surface area contributed by atoms with Crippen LogP contribution >= 0.6 is 24.0 Å². The Morgan fingerprint density at radius 1 is 1.27 bits per heavy atom. The summed E-state index contributed by atoms with van der Waals surface area (Å²) < 4.78 is 5.57. The second-order valence-corrected chi connectivity index (χ2v) is 6.01. The minimum Gasteiger partial charge on any atom is -0.444 e. The van der Waals surface area contributed by atoms with Gasteiger partial charge in [0.2, 0.25) is 5.89 Å². The molecule has 1 fully saturated rings. The van der Waals surface area contributed by atoms with Gasteiger partial charge in [0.1, 0.15) is 12.3 Å². The number of rotatable bonds is 6. The van der Waals surface area contributed by atoms with E-state index in [-0.39, 0.29) is 24.0 Å². The average Bonchev–Trinajstić information content (AvgIpc) is 2.74. The van der Waals surface area contributed by atoms with Gasteiger partial charge in [-0.2, -0.15) is 0 Å². The highest BCUT2D eigenvalue weighted by Gasteiger charge is 2.34. The van der Waals surface area contributed by atoms with Crippen molar-refractivity contribution < 1.29 is 4.42 Å². The third kappa shape index (κ3) is 4.86. The van der Waals surface area contributed by atoms with Crippen molar-refractivity contribution in [3.63, 3.8) is 0 Å². The summed E-state index contributed by atoms with van der Waals surface area (Å²) in [6.07, 6.45) is 5.25. The van der Waals surface area contributed by atoms with Crippen LogP contribution in [0.5, 0.6) is 0 Å². The maximum absolute atomic E-state index is 5.57. The second kappa shape index (κ2) is 8.74. The Hall–Kier alpha value is -0.790. The monoisotopic (exact) mass is 420 g/mol. The Morgan fingerprint density at radius 2 is 2.00 bits per heavy atom. The number of halogens is 1. The minimum atomic E-state index is 0. The normalized spacial score (nSPS) is 16.6. The molecule has 2 rings (SSSR count). The number of oxazole rings is 1. The van der Waals surface area contributed by atoms with E-state index in [1.165, 1.54) is 25.7 Å². The molecule has 1 aliphatic carbocycles. The standard InChI is InChI=1S/C16H28N4O.HI/c1-5-16(8-7-9-16)11-19-15(17-6-2)18-10-14-20-12(3)13(4)21-14;/h5-11H2,1-4H3,(H2,17,18,19);1H. The quantitative estimate of drug-likeness (QED) is 0.420. The Kier molecular flexibility index (Phi) is 7.65. The van der Waals surface area contributed by atoms with Gasteiger partial charge in [0.05, 0.1) is 5.69 Å². The fourth-order valence-electron chi connectivity index (χ4n) is 2.70. The molecular weight excluding hydrogens is 391 g/mol. The lowest BCUT2D eigenvalue weighted by molar-refractivity contribution is 0.131. The van der Waals surface area contributed by atoms with Crippen LogP contribution in [-0.2, 0) is 6.54 Å². The van der Waals surface area contributed by atoms with E-state index in [9.17, 15) is 0 Å². The third-order valence-electron chi connectivity index (χ3n) is 4.58. The lowest BCUT2D eigenvalue weighted by Gasteiger charge is -2.41. The molecule has 0 aromatic carbocycles. The maximum atomic E-state index is 5.57. The zero-order valence-electron chi connectivity index (χ0n) is 14.2. The van der Waals surface area contributed by atoms with Crippen molar-refractivity contribution in [1.82, 2.24) is 15.6 Å². The first-order valence-corrected chi connectivity index (χ1v) is 8.03. The molecule has 1 heterocycles. The molecule has 1 aliphatic rings. The summed E-state index contributed by atoms with van der Waals surface area (Å²) in [4.78, 5) is 8.94. The molecule has 1 saturated carbocycles. The van der Waals surface area contributed by atoms with Crippen molar-refractivity contribution in [1.29, 1.82) is 0 Å². The molecule has 0 radical (unpaired) electrons. The van der Waals surface area contributed by atoms with Crippen LogP contribution in [0.3, 0.4) is 0 Å². The van der Waals surface area contributed by atoms with Gasteiger partial charge in [-0.15, -0.1) is 24.0 Å². The van der Waals surface area contributed by atoms with Crippen LogP contribution in [0.2, 0.25) is 0 Å². The number of hydrogen-bond acceptors (Lipinski definition) is 3. The smallest absolute Gasteiger partial charge is 0.216 e.